The van der Waals surface area contributed by atoms with Gasteiger partial charge in [0.2, 0.25) is 5.91 Å². The maximum Gasteiger partial charge on any atom is 0.237 e. The van der Waals surface area contributed by atoms with Crippen LogP contribution in [-0.2, 0) is 11.3 Å². The molecule has 1 saturated carbocycles. The fourth-order valence-electron chi connectivity index (χ4n) is 5.45. The number of amides is 1. The molecule has 4 nitrogen and oxygen atoms in total. The zero-order valence-corrected chi connectivity index (χ0v) is 17.9. The summed E-state index contributed by atoms with van der Waals surface area (Å²) in [6, 6.07) is 8.13. The quantitative estimate of drug-likeness (QED) is 0.715. The Morgan fingerprint density at radius 2 is 2.07 bits per heavy atom. The second-order valence-corrected chi connectivity index (χ2v) is 9.69. The van der Waals surface area contributed by atoms with E-state index in [1.165, 1.54) is 12.8 Å². The molecule has 1 heterocycles. The summed E-state index contributed by atoms with van der Waals surface area (Å²) in [5.41, 5.74) is 3.12. The normalized spacial score (nSPS) is 31.2. The summed E-state index contributed by atoms with van der Waals surface area (Å²) in [4.78, 5) is 14.7. The number of benzene rings is 1. The predicted octanol–water partition coefficient (Wildman–Crippen LogP) is 3.61. The predicted molar refractivity (Wildman–Crippen MR) is 114 cm³/mol. The number of carbonyl (C=O) groups is 1. The highest BCUT2D eigenvalue weighted by Gasteiger charge is 2.51. The minimum absolute atomic E-state index is 0.0937. The molecule has 1 aromatic rings. The smallest absolute Gasteiger partial charge is 0.237 e. The summed E-state index contributed by atoms with van der Waals surface area (Å²) < 4.78 is 0. The van der Waals surface area contributed by atoms with E-state index < -0.39 is 0 Å². The van der Waals surface area contributed by atoms with Crippen molar-refractivity contribution < 1.29 is 4.79 Å². The van der Waals surface area contributed by atoms with Gasteiger partial charge in [-0.15, -0.1) is 0 Å². The Morgan fingerprint density at radius 1 is 1.29 bits per heavy atom. The van der Waals surface area contributed by atoms with Gasteiger partial charge in [-0.05, 0) is 48.1 Å². The molecule has 0 spiro atoms. The number of likely N-dealkylation sites (N-methyl/N-ethyl adjacent to an activating group) is 1. The molecule has 0 unspecified atom stereocenters. The van der Waals surface area contributed by atoms with Gasteiger partial charge in [-0.2, -0.15) is 0 Å². The lowest BCUT2D eigenvalue weighted by molar-refractivity contribution is -0.125. The number of nitrogens with one attached hydrogen (secondary N) is 2. The van der Waals surface area contributed by atoms with E-state index in [4.69, 9.17) is 11.6 Å². The summed E-state index contributed by atoms with van der Waals surface area (Å²) in [5, 5.41) is 7.36. The van der Waals surface area contributed by atoms with Crippen LogP contribution in [0.5, 0.6) is 0 Å². The number of halogens is 1. The standard InChI is InChI=1S/C23H32ClN3O/c1-23(2)17-9-8-15(19(23)10-17)12-26-18-11-21(22(28)25-3)27(14-18)13-16-6-4-5-7-20(16)24/h4-8,17-19,21,26H,9-14H2,1-3H3,(H,25,28)/t17-,18-,19-,21-/m0/s1. The van der Waals surface area contributed by atoms with Gasteiger partial charge in [0.05, 0.1) is 6.04 Å². The molecule has 1 amide bonds. The summed E-state index contributed by atoms with van der Waals surface area (Å²) in [6.45, 7) is 7.36. The lowest BCUT2D eigenvalue weighted by Crippen LogP contribution is -2.50. The first-order chi connectivity index (χ1) is 13.4. The van der Waals surface area contributed by atoms with E-state index in [9.17, 15) is 4.79 Å². The summed E-state index contributed by atoms with van der Waals surface area (Å²) in [6.07, 6.45) is 5.88. The molecule has 2 fully saturated rings. The fourth-order valence-corrected chi connectivity index (χ4v) is 5.65. The molecule has 2 N–H and O–H groups in total. The molecule has 4 aliphatic rings. The number of hydrogen-bond acceptors (Lipinski definition) is 3. The highest BCUT2D eigenvalue weighted by Crippen LogP contribution is 2.59. The van der Waals surface area contributed by atoms with Crippen LogP contribution in [0.1, 0.15) is 38.7 Å². The Balaban J connectivity index is 1.40. The Hall–Kier alpha value is -1.36. The number of nitrogens with zero attached hydrogens (tertiary/aromatic N) is 1. The van der Waals surface area contributed by atoms with Crippen molar-refractivity contribution >= 4 is 17.5 Å². The van der Waals surface area contributed by atoms with Crippen molar-refractivity contribution in [3.05, 3.63) is 46.5 Å². The number of allylic oxidation sites excluding steroid dienone is 1. The van der Waals surface area contributed by atoms with Crippen LogP contribution in [0.2, 0.25) is 5.02 Å². The van der Waals surface area contributed by atoms with Crippen molar-refractivity contribution in [2.45, 2.75) is 51.7 Å². The maximum atomic E-state index is 12.5. The van der Waals surface area contributed by atoms with Crippen molar-refractivity contribution in [1.29, 1.82) is 0 Å². The summed E-state index contributed by atoms with van der Waals surface area (Å²) >= 11 is 6.36. The lowest BCUT2D eigenvalue weighted by atomic mass is 9.49. The molecule has 28 heavy (non-hydrogen) atoms. The zero-order chi connectivity index (χ0) is 19.9. The van der Waals surface area contributed by atoms with Crippen molar-refractivity contribution in [1.82, 2.24) is 15.5 Å². The molecular formula is C23H32ClN3O. The second kappa shape index (κ2) is 7.81. The fraction of sp³-hybridized carbons (Fsp3) is 0.609. The van der Waals surface area contributed by atoms with E-state index >= 15 is 0 Å². The van der Waals surface area contributed by atoms with E-state index in [2.05, 4.69) is 35.5 Å². The van der Waals surface area contributed by atoms with E-state index in [1.807, 2.05) is 24.3 Å². The number of fused-ring (bicyclic) bond motifs is 1. The van der Waals surface area contributed by atoms with Gasteiger partial charge < -0.3 is 10.6 Å². The Morgan fingerprint density at radius 3 is 2.75 bits per heavy atom. The van der Waals surface area contributed by atoms with E-state index in [0.717, 1.165) is 41.9 Å². The molecule has 4 atom stereocenters. The monoisotopic (exact) mass is 401 g/mol. The van der Waals surface area contributed by atoms with Crippen LogP contribution in [0, 0.1) is 17.3 Å². The van der Waals surface area contributed by atoms with Gasteiger partial charge in [-0.25, -0.2) is 0 Å². The Bertz CT molecular complexity index is 775. The highest BCUT2D eigenvalue weighted by molar-refractivity contribution is 6.31. The molecule has 0 aromatic heterocycles. The third kappa shape index (κ3) is 3.62. The first-order valence-electron chi connectivity index (χ1n) is 10.5. The topological polar surface area (TPSA) is 44.4 Å². The van der Waals surface area contributed by atoms with E-state index in [-0.39, 0.29) is 11.9 Å². The van der Waals surface area contributed by atoms with Gasteiger partial charge in [-0.3, -0.25) is 9.69 Å². The molecular weight excluding hydrogens is 370 g/mol. The van der Waals surface area contributed by atoms with Crippen molar-refractivity contribution in [2.75, 3.05) is 20.1 Å². The highest BCUT2D eigenvalue weighted by atomic mass is 35.5. The Kier molecular flexibility index (Phi) is 5.56. The zero-order valence-electron chi connectivity index (χ0n) is 17.2. The molecule has 152 valence electrons. The molecule has 0 radical (unpaired) electrons. The number of carbonyl (C=O) groups excluding carboxylic acids is 1. The average molecular weight is 402 g/mol. The van der Waals surface area contributed by atoms with Gasteiger partial charge in [0.15, 0.2) is 0 Å². The molecule has 3 aliphatic carbocycles. The molecule has 5 rings (SSSR count). The van der Waals surface area contributed by atoms with E-state index in [0.29, 0.717) is 18.0 Å². The average Bonchev–Trinajstić information content (AvgIpc) is 3.10. The van der Waals surface area contributed by atoms with Crippen LogP contribution in [0.25, 0.3) is 0 Å². The van der Waals surface area contributed by atoms with Crippen LogP contribution < -0.4 is 10.6 Å². The Labute approximate surface area is 173 Å². The number of rotatable bonds is 6. The molecule has 1 aliphatic heterocycles. The maximum absolute atomic E-state index is 12.5. The van der Waals surface area contributed by atoms with Crippen molar-refractivity contribution in [2.24, 2.45) is 17.3 Å². The van der Waals surface area contributed by atoms with Crippen LogP contribution in [-0.4, -0.2) is 43.0 Å². The minimum atomic E-state index is -0.108. The van der Waals surface area contributed by atoms with Crippen LogP contribution in [0.3, 0.4) is 0 Å². The molecule has 1 saturated heterocycles. The minimum Gasteiger partial charge on any atom is -0.358 e. The van der Waals surface area contributed by atoms with Gasteiger partial charge in [0.1, 0.15) is 0 Å². The molecule has 1 aromatic carbocycles. The van der Waals surface area contributed by atoms with Crippen LogP contribution in [0.15, 0.2) is 35.9 Å². The van der Waals surface area contributed by atoms with E-state index in [1.54, 1.807) is 12.6 Å². The second-order valence-electron chi connectivity index (χ2n) is 9.29. The largest absolute Gasteiger partial charge is 0.358 e. The van der Waals surface area contributed by atoms with Crippen LogP contribution >= 0.6 is 11.6 Å². The number of hydrogen-bond donors (Lipinski definition) is 2. The van der Waals surface area contributed by atoms with Crippen molar-refractivity contribution in [3.63, 3.8) is 0 Å². The number of likely N-dealkylation sites (tertiary alicyclic amines) is 1. The van der Waals surface area contributed by atoms with Gasteiger partial charge >= 0.3 is 0 Å². The van der Waals surface area contributed by atoms with Crippen molar-refractivity contribution in [3.8, 4) is 0 Å². The lowest BCUT2D eigenvalue weighted by Gasteiger charge is -2.56. The first kappa shape index (κ1) is 19.9. The summed E-state index contributed by atoms with van der Waals surface area (Å²) in [7, 11) is 1.72. The third-order valence-corrected chi connectivity index (χ3v) is 7.83. The van der Waals surface area contributed by atoms with Gasteiger partial charge in [-0.1, -0.05) is 55.3 Å². The van der Waals surface area contributed by atoms with Gasteiger partial charge in [0, 0.05) is 37.7 Å². The van der Waals surface area contributed by atoms with Gasteiger partial charge in [0.25, 0.3) is 0 Å². The molecule has 5 heteroatoms. The molecule has 2 bridgehead atoms. The van der Waals surface area contributed by atoms with Crippen LogP contribution in [0.4, 0.5) is 0 Å². The first-order valence-corrected chi connectivity index (χ1v) is 10.9. The SMILES string of the molecule is CNC(=O)[C@@H]1C[C@H](NCC2=CC[C@H]3C[C@@H]2C3(C)C)CN1Cc1ccccc1Cl. The third-order valence-electron chi connectivity index (χ3n) is 7.46. The summed E-state index contributed by atoms with van der Waals surface area (Å²) in [5.74, 6) is 1.70.